The van der Waals surface area contributed by atoms with E-state index in [-0.39, 0.29) is 22.9 Å². The molecule has 3 aromatic carbocycles. The van der Waals surface area contributed by atoms with Crippen LogP contribution in [0.4, 0.5) is 34.9 Å². The number of nitrogens with one attached hydrogen (secondary N) is 1. The molecule has 2 amide bonds. The lowest BCUT2D eigenvalue weighted by molar-refractivity contribution is -0.138. The van der Waals surface area contributed by atoms with E-state index < -0.39 is 40.5 Å². The zero-order chi connectivity index (χ0) is 27.9. The van der Waals surface area contributed by atoms with Crippen LogP contribution in [0, 0.1) is 5.82 Å². The van der Waals surface area contributed by atoms with Gasteiger partial charge in [0.15, 0.2) is 11.4 Å². The monoisotopic (exact) mass is 536 g/mol. The van der Waals surface area contributed by atoms with Gasteiger partial charge in [-0.1, -0.05) is 18.2 Å². The molecule has 0 saturated carbocycles. The van der Waals surface area contributed by atoms with Gasteiger partial charge in [-0.15, -0.1) is 0 Å². The highest BCUT2D eigenvalue weighted by molar-refractivity contribution is 6.09. The molecule has 0 unspecified atom stereocenters. The fraction of sp³-hybridized carbons (Fsp3) is 0.143. The van der Waals surface area contributed by atoms with Crippen LogP contribution in [-0.2, 0) is 11.0 Å². The zero-order valence-corrected chi connectivity index (χ0v) is 20.6. The first-order valence-corrected chi connectivity index (χ1v) is 11.7. The highest BCUT2D eigenvalue weighted by atomic mass is 19.4. The minimum Gasteiger partial charge on any atom is -0.475 e. The molecule has 0 spiro atoms. The van der Waals surface area contributed by atoms with Crippen molar-refractivity contribution in [2.24, 2.45) is 0 Å². The van der Waals surface area contributed by atoms with Crippen molar-refractivity contribution in [3.8, 4) is 16.9 Å². The van der Waals surface area contributed by atoms with Gasteiger partial charge in [0.05, 0.1) is 16.8 Å². The molecule has 2 heterocycles. The number of hydrogen-bond donors (Lipinski definition) is 1. The second-order valence-corrected chi connectivity index (χ2v) is 9.17. The molecule has 1 aromatic heterocycles. The van der Waals surface area contributed by atoms with E-state index in [1.807, 2.05) is 0 Å². The van der Waals surface area contributed by atoms with Crippen LogP contribution in [0.15, 0.2) is 79.1 Å². The molecule has 0 radical (unpaired) electrons. The van der Waals surface area contributed by atoms with E-state index in [0.717, 1.165) is 24.3 Å². The number of fused-ring (bicyclic) bond motifs is 1. The number of anilines is 3. The number of amides is 2. The Balaban J connectivity index is 1.64. The summed E-state index contributed by atoms with van der Waals surface area (Å²) in [5.41, 5.74) is -2.15. The Hall–Kier alpha value is -4.80. The van der Waals surface area contributed by atoms with Crippen LogP contribution < -0.4 is 15.0 Å². The number of nitrogens with zero attached hydrogens (tertiary/aromatic N) is 3. The van der Waals surface area contributed by atoms with Crippen LogP contribution in [0.1, 0.15) is 29.8 Å². The molecular formula is C28H20F4N4O3. The summed E-state index contributed by atoms with van der Waals surface area (Å²) >= 11 is 0. The number of carbonyl (C=O) groups excluding carboxylic acids is 2. The van der Waals surface area contributed by atoms with Crippen molar-refractivity contribution in [2.45, 2.75) is 25.6 Å². The predicted octanol–water partition coefficient (Wildman–Crippen LogP) is 6.39. The molecule has 0 saturated heterocycles. The average Bonchev–Trinajstić information content (AvgIpc) is 2.90. The number of alkyl halides is 3. The van der Waals surface area contributed by atoms with Crippen LogP contribution in [0.5, 0.6) is 5.75 Å². The van der Waals surface area contributed by atoms with E-state index in [4.69, 9.17) is 4.74 Å². The van der Waals surface area contributed by atoms with Crippen molar-refractivity contribution < 1.29 is 31.9 Å². The van der Waals surface area contributed by atoms with Crippen LogP contribution >= 0.6 is 0 Å². The maximum absolute atomic E-state index is 13.9. The average molecular weight is 536 g/mol. The molecule has 1 aliphatic heterocycles. The third kappa shape index (κ3) is 4.90. The molecule has 0 atom stereocenters. The Morgan fingerprint density at radius 2 is 1.67 bits per heavy atom. The standard InChI is InChI=1S/C28H20F4N4O3/c1-27(2)25(38)36(26-33-13-4-14-34-26)22-6-3-5-19(23(22)39-27)16-7-12-21(28(30,31)32)20(15-16)24(37)35-18-10-8-17(29)9-11-18/h3-15H,1-2H3,(H,35,37). The summed E-state index contributed by atoms with van der Waals surface area (Å²) in [6.07, 6.45) is -1.87. The van der Waals surface area contributed by atoms with Gasteiger partial charge in [0.2, 0.25) is 5.95 Å². The van der Waals surface area contributed by atoms with Gasteiger partial charge < -0.3 is 10.1 Å². The van der Waals surface area contributed by atoms with Gasteiger partial charge >= 0.3 is 6.18 Å². The Bertz CT molecular complexity index is 1570. The van der Waals surface area contributed by atoms with Gasteiger partial charge in [-0.2, -0.15) is 13.2 Å². The minimum atomic E-state index is -4.82. The third-order valence-corrected chi connectivity index (χ3v) is 6.05. The van der Waals surface area contributed by atoms with Gasteiger partial charge in [0, 0.05) is 23.6 Å². The molecular weight excluding hydrogens is 516 g/mol. The van der Waals surface area contributed by atoms with E-state index in [0.29, 0.717) is 11.3 Å². The number of ether oxygens (including phenoxy) is 1. The van der Waals surface area contributed by atoms with Gasteiger partial charge in [0.25, 0.3) is 11.8 Å². The second-order valence-electron chi connectivity index (χ2n) is 9.17. The minimum absolute atomic E-state index is 0.101. The zero-order valence-electron chi connectivity index (χ0n) is 20.6. The Morgan fingerprint density at radius 3 is 2.33 bits per heavy atom. The second kappa shape index (κ2) is 9.50. The van der Waals surface area contributed by atoms with Crippen LogP contribution in [-0.4, -0.2) is 27.4 Å². The molecule has 11 heteroatoms. The first-order valence-electron chi connectivity index (χ1n) is 11.7. The number of hydrogen-bond acceptors (Lipinski definition) is 5. The lowest BCUT2D eigenvalue weighted by atomic mass is 9.95. The van der Waals surface area contributed by atoms with Gasteiger partial charge in [-0.3, -0.25) is 9.59 Å². The van der Waals surface area contributed by atoms with Crippen LogP contribution in [0.3, 0.4) is 0 Å². The van der Waals surface area contributed by atoms with Crippen LogP contribution in [0.25, 0.3) is 11.1 Å². The molecule has 0 bridgehead atoms. The molecule has 5 rings (SSSR count). The van der Waals surface area contributed by atoms with E-state index >= 15 is 0 Å². The quantitative estimate of drug-likeness (QED) is 0.306. The fourth-order valence-electron chi connectivity index (χ4n) is 4.20. The fourth-order valence-corrected chi connectivity index (χ4v) is 4.20. The maximum atomic E-state index is 13.9. The molecule has 0 fully saturated rings. The van der Waals surface area contributed by atoms with Crippen molar-refractivity contribution >= 4 is 29.1 Å². The summed E-state index contributed by atoms with van der Waals surface area (Å²) in [5.74, 6) is -1.72. The molecule has 198 valence electrons. The molecule has 0 aliphatic carbocycles. The largest absolute Gasteiger partial charge is 0.475 e. The van der Waals surface area contributed by atoms with Crippen molar-refractivity contribution in [1.29, 1.82) is 0 Å². The number of rotatable bonds is 4. The third-order valence-electron chi connectivity index (χ3n) is 6.05. The summed E-state index contributed by atoms with van der Waals surface area (Å²) in [5, 5.41) is 2.38. The Labute approximate surface area is 220 Å². The number of aromatic nitrogens is 2. The van der Waals surface area contributed by atoms with Gasteiger partial charge in [-0.25, -0.2) is 19.3 Å². The van der Waals surface area contributed by atoms with Gasteiger partial charge in [-0.05, 0) is 67.9 Å². The number of carbonyl (C=O) groups is 2. The molecule has 7 nitrogen and oxygen atoms in total. The van der Waals surface area contributed by atoms with E-state index in [1.165, 1.54) is 35.5 Å². The lowest BCUT2D eigenvalue weighted by Crippen LogP contribution is -2.51. The van der Waals surface area contributed by atoms with Crippen molar-refractivity contribution in [2.75, 3.05) is 10.2 Å². The SMILES string of the molecule is CC1(C)Oc2c(-c3ccc(C(F)(F)F)c(C(=O)Nc4ccc(F)cc4)c3)cccc2N(c2ncccn2)C1=O. The molecule has 1 aliphatic rings. The summed E-state index contributed by atoms with van der Waals surface area (Å²) in [4.78, 5) is 35.9. The topological polar surface area (TPSA) is 84.4 Å². The Kier molecular flexibility index (Phi) is 6.29. The van der Waals surface area contributed by atoms with Gasteiger partial charge in [0.1, 0.15) is 5.82 Å². The Morgan fingerprint density at radius 1 is 0.974 bits per heavy atom. The number of halogens is 4. The van der Waals surface area contributed by atoms with Crippen molar-refractivity contribution in [1.82, 2.24) is 9.97 Å². The van der Waals surface area contributed by atoms with Crippen molar-refractivity contribution in [3.05, 3.63) is 96.1 Å². The smallest absolute Gasteiger partial charge is 0.417 e. The molecule has 1 N–H and O–H groups in total. The number of para-hydroxylation sites is 1. The van der Waals surface area contributed by atoms with E-state index in [2.05, 4.69) is 15.3 Å². The summed E-state index contributed by atoms with van der Waals surface area (Å²) in [6, 6.07) is 14.2. The first-order chi connectivity index (χ1) is 18.5. The summed E-state index contributed by atoms with van der Waals surface area (Å²) in [6.45, 7) is 3.11. The molecule has 39 heavy (non-hydrogen) atoms. The maximum Gasteiger partial charge on any atom is 0.417 e. The lowest BCUT2D eigenvalue weighted by Gasteiger charge is -2.38. The van der Waals surface area contributed by atoms with Crippen LogP contribution in [0.2, 0.25) is 0 Å². The highest BCUT2D eigenvalue weighted by Gasteiger charge is 2.44. The number of benzene rings is 3. The van der Waals surface area contributed by atoms with E-state index in [1.54, 1.807) is 38.1 Å². The summed E-state index contributed by atoms with van der Waals surface area (Å²) < 4.78 is 61.0. The summed E-state index contributed by atoms with van der Waals surface area (Å²) in [7, 11) is 0. The predicted molar refractivity (Wildman–Crippen MR) is 135 cm³/mol. The highest BCUT2D eigenvalue weighted by Crippen LogP contribution is 2.47. The normalized spacial score (nSPS) is 14.4. The molecule has 4 aromatic rings. The van der Waals surface area contributed by atoms with Crippen molar-refractivity contribution in [3.63, 3.8) is 0 Å². The van der Waals surface area contributed by atoms with E-state index in [9.17, 15) is 27.2 Å². The first kappa shape index (κ1) is 25.8.